The van der Waals surface area contributed by atoms with E-state index in [1.54, 1.807) is 11.7 Å². The Morgan fingerprint density at radius 2 is 2.10 bits per heavy atom. The molecular formula is C18H18ClFN6O3S2. The number of anilines is 1. The number of benzene rings is 1. The summed E-state index contributed by atoms with van der Waals surface area (Å²) in [6, 6.07) is 5.84. The van der Waals surface area contributed by atoms with E-state index in [1.165, 1.54) is 36.8 Å². The summed E-state index contributed by atoms with van der Waals surface area (Å²) in [6.07, 6.45) is 1.64. The number of aryl methyl sites for hydroxylation is 1. The van der Waals surface area contributed by atoms with Gasteiger partial charge < -0.3 is 5.32 Å². The molecule has 1 fully saturated rings. The predicted octanol–water partition coefficient (Wildman–Crippen LogP) is 2.55. The van der Waals surface area contributed by atoms with Crippen LogP contribution in [-0.2, 0) is 22.1 Å². The summed E-state index contributed by atoms with van der Waals surface area (Å²) in [4.78, 5) is 18.7. The lowest BCUT2D eigenvalue weighted by molar-refractivity contribution is -0.120. The number of thiophene rings is 1. The van der Waals surface area contributed by atoms with Crippen LogP contribution in [0.5, 0.6) is 0 Å². The Labute approximate surface area is 187 Å². The predicted molar refractivity (Wildman–Crippen MR) is 115 cm³/mol. The molecule has 1 amide bonds. The smallest absolute Gasteiger partial charge is 0.280 e. The van der Waals surface area contributed by atoms with Crippen LogP contribution < -0.4 is 10.0 Å². The Morgan fingerprint density at radius 1 is 1.32 bits per heavy atom. The molecule has 2 aromatic heterocycles. The Hall–Kier alpha value is -2.38. The summed E-state index contributed by atoms with van der Waals surface area (Å²) in [5, 5.41) is 6.51. The van der Waals surface area contributed by atoms with Crippen LogP contribution in [0, 0.1) is 5.82 Å². The molecule has 3 heterocycles. The SMILES string of the molecule is CN1C(C(=O)Nc2ccc(F)c(Cl)c2)C[C@@H](c2ccc(-c3ncnn3C)s2)NS1(=O)=O. The fourth-order valence-corrected chi connectivity index (χ4v) is 5.90. The largest absolute Gasteiger partial charge is 0.325 e. The Bertz CT molecular complexity index is 1240. The fraction of sp³-hybridized carbons (Fsp3) is 0.278. The van der Waals surface area contributed by atoms with Gasteiger partial charge in [0.1, 0.15) is 18.2 Å². The van der Waals surface area contributed by atoms with Gasteiger partial charge in [0.2, 0.25) is 5.91 Å². The molecule has 9 nitrogen and oxygen atoms in total. The second-order valence-electron chi connectivity index (χ2n) is 6.97. The van der Waals surface area contributed by atoms with Crippen molar-refractivity contribution in [1.29, 1.82) is 0 Å². The molecule has 1 aromatic carbocycles. The van der Waals surface area contributed by atoms with E-state index in [0.29, 0.717) is 5.82 Å². The lowest BCUT2D eigenvalue weighted by Crippen LogP contribution is -2.55. The first kappa shape index (κ1) is 21.8. The molecule has 1 aliphatic rings. The van der Waals surface area contributed by atoms with Gasteiger partial charge >= 0.3 is 0 Å². The number of carbonyl (C=O) groups is 1. The maximum atomic E-state index is 13.4. The molecule has 3 aromatic rings. The van der Waals surface area contributed by atoms with Gasteiger partial charge in [0, 0.05) is 24.7 Å². The monoisotopic (exact) mass is 484 g/mol. The first-order chi connectivity index (χ1) is 14.7. The maximum absolute atomic E-state index is 13.4. The van der Waals surface area contributed by atoms with E-state index in [1.807, 2.05) is 12.1 Å². The maximum Gasteiger partial charge on any atom is 0.280 e. The lowest BCUT2D eigenvalue weighted by Gasteiger charge is -2.35. The van der Waals surface area contributed by atoms with E-state index in [4.69, 9.17) is 11.6 Å². The minimum atomic E-state index is -3.90. The summed E-state index contributed by atoms with van der Waals surface area (Å²) in [5.74, 6) is -0.488. The van der Waals surface area contributed by atoms with Gasteiger partial charge in [-0.3, -0.25) is 4.79 Å². The molecule has 0 saturated carbocycles. The summed E-state index contributed by atoms with van der Waals surface area (Å²) in [6.45, 7) is 0. The molecule has 1 saturated heterocycles. The van der Waals surface area contributed by atoms with Crippen molar-refractivity contribution in [1.82, 2.24) is 23.8 Å². The van der Waals surface area contributed by atoms with Crippen molar-refractivity contribution in [3.63, 3.8) is 0 Å². The van der Waals surface area contributed by atoms with Crippen LogP contribution in [0.4, 0.5) is 10.1 Å². The first-order valence-electron chi connectivity index (χ1n) is 9.11. The number of likely N-dealkylation sites (N-methyl/N-ethyl adjacent to an activating group) is 1. The number of nitrogens with one attached hydrogen (secondary N) is 2. The third-order valence-electron chi connectivity index (χ3n) is 4.96. The quantitative estimate of drug-likeness (QED) is 0.591. The topological polar surface area (TPSA) is 109 Å². The highest BCUT2D eigenvalue weighted by atomic mass is 35.5. The molecule has 0 radical (unpaired) electrons. The molecule has 13 heteroatoms. The molecule has 4 rings (SSSR count). The van der Waals surface area contributed by atoms with Gasteiger partial charge in [-0.05, 0) is 36.8 Å². The zero-order valence-electron chi connectivity index (χ0n) is 16.4. The summed E-state index contributed by atoms with van der Waals surface area (Å²) >= 11 is 7.14. The Balaban J connectivity index is 1.58. The highest BCUT2D eigenvalue weighted by Gasteiger charge is 2.41. The van der Waals surface area contributed by atoms with E-state index in [2.05, 4.69) is 20.1 Å². The van der Waals surface area contributed by atoms with Crippen molar-refractivity contribution in [3.05, 3.63) is 52.4 Å². The normalized spacial score (nSPS) is 21.2. The van der Waals surface area contributed by atoms with Crippen LogP contribution in [0.15, 0.2) is 36.7 Å². The van der Waals surface area contributed by atoms with Gasteiger partial charge in [0.25, 0.3) is 10.2 Å². The average Bonchev–Trinajstić information content (AvgIpc) is 3.35. The summed E-state index contributed by atoms with van der Waals surface area (Å²) in [7, 11) is -0.804. The minimum absolute atomic E-state index is 0.142. The van der Waals surface area contributed by atoms with Crippen molar-refractivity contribution >= 4 is 44.7 Å². The van der Waals surface area contributed by atoms with Gasteiger partial charge in [-0.1, -0.05) is 11.6 Å². The number of hydrogen-bond acceptors (Lipinski definition) is 6. The highest BCUT2D eigenvalue weighted by Crippen LogP contribution is 2.35. The number of amides is 1. The van der Waals surface area contributed by atoms with Crippen molar-refractivity contribution in [2.24, 2.45) is 7.05 Å². The molecule has 1 aliphatic heterocycles. The van der Waals surface area contributed by atoms with E-state index in [-0.39, 0.29) is 17.1 Å². The van der Waals surface area contributed by atoms with Crippen LogP contribution in [-0.4, -0.2) is 46.5 Å². The van der Waals surface area contributed by atoms with E-state index in [0.717, 1.165) is 20.1 Å². The lowest BCUT2D eigenvalue weighted by atomic mass is 10.1. The average molecular weight is 485 g/mol. The zero-order chi connectivity index (χ0) is 22.3. The van der Waals surface area contributed by atoms with Crippen LogP contribution in [0.2, 0.25) is 5.02 Å². The van der Waals surface area contributed by atoms with E-state index >= 15 is 0 Å². The van der Waals surface area contributed by atoms with Gasteiger partial charge in [-0.2, -0.15) is 22.5 Å². The van der Waals surface area contributed by atoms with Crippen LogP contribution in [0.1, 0.15) is 17.3 Å². The second-order valence-corrected chi connectivity index (χ2v) is 10.3. The molecule has 0 bridgehead atoms. The molecule has 31 heavy (non-hydrogen) atoms. The van der Waals surface area contributed by atoms with Crippen LogP contribution >= 0.6 is 22.9 Å². The van der Waals surface area contributed by atoms with E-state index in [9.17, 15) is 17.6 Å². The van der Waals surface area contributed by atoms with Crippen molar-refractivity contribution < 1.29 is 17.6 Å². The Kier molecular flexibility index (Phi) is 5.83. The molecule has 0 aliphatic carbocycles. The minimum Gasteiger partial charge on any atom is -0.325 e. The number of nitrogens with zero attached hydrogens (tertiary/aromatic N) is 4. The van der Waals surface area contributed by atoms with Crippen molar-refractivity contribution in [2.75, 3.05) is 12.4 Å². The fourth-order valence-electron chi connectivity index (χ4n) is 3.28. The van der Waals surface area contributed by atoms with Crippen LogP contribution in [0.3, 0.4) is 0 Å². The third kappa shape index (κ3) is 4.34. The number of carbonyl (C=O) groups excluding carboxylic acids is 1. The molecule has 164 valence electrons. The summed E-state index contributed by atoms with van der Waals surface area (Å²) in [5.41, 5.74) is 0.276. The number of aromatic nitrogens is 3. The summed E-state index contributed by atoms with van der Waals surface area (Å²) < 4.78 is 43.9. The molecule has 0 spiro atoms. The third-order valence-corrected chi connectivity index (χ3v) is 8.04. The van der Waals surface area contributed by atoms with Gasteiger partial charge in [0.15, 0.2) is 5.82 Å². The second kappa shape index (κ2) is 8.28. The van der Waals surface area contributed by atoms with E-state index < -0.39 is 34.0 Å². The van der Waals surface area contributed by atoms with Crippen molar-refractivity contribution in [2.45, 2.75) is 18.5 Å². The van der Waals surface area contributed by atoms with Gasteiger partial charge in [-0.15, -0.1) is 11.3 Å². The van der Waals surface area contributed by atoms with Crippen LogP contribution in [0.25, 0.3) is 10.7 Å². The molecule has 2 N–H and O–H groups in total. The first-order valence-corrected chi connectivity index (χ1v) is 11.7. The zero-order valence-corrected chi connectivity index (χ0v) is 18.8. The number of hydrogen-bond donors (Lipinski definition) is 2. The van der Waals surface area contributed by atoms with Gasteiger partial charge in [-0.25, -0.2) is 14.1 Å². The highest BCUT2D eigenvalue weighted by molar-refractivity contribution is 7.87. The molecular weight excluding hydrogens is 467 g/mol. The Morgan fingerprint density at radius 3 is 2.77 bits per heavy atom. The molecule has 1 unspecified atom stereocenters. The van der Waals surface area contributed by atoms with Gasteiger partial charge in [0.05, 0.1) is 15.9 Å². The standard InChI is InChI=1S/C18H18ClFN6O3S2/c1-25-17(21-9-22-25)16-6-5-15(30-16)13-8-14(26(2)31(28,29)24-13)18(27)23-10-3-4-12(20)11(19)7-10/h3-7,9,13-14,24H,8H2,1-2H3,(H,23,27)/t13-,14?/m0/s1. The number of rotatable bonds is 4. The van der Waals surface area contributed by atoms with Crippen molar-refractivity contribution in [3.8, 4) is 10.7 Å². The number of halogens is 2. The molecule has 2 atom stereocenters.